The fourth-order valence-electron chi connectivity index (χ4n) is 2.56. The van der Waals surface area contributed by atoms with Gasteiger partial charge in [0.25, 0.3) is 5.91 Å². The summed E-state index contributed by atoms with van der Waals surface area (Å²) in [4.78, 5) is 31.8. The standard InChI is InChI=1S/C21H17N3O3/c25-19(26)14-23-20(15-8-2-1-3-9-15)16-10-4-5-11-17(16)24-21(27)18-12-6-7-13-22-18/h1-13H,14H2,(H,24,27)(H,25,26). The van der Waals surface area contributed by atoms with Gasteiger partial charge in [-0.3, -0.25) is 19.6 Å². The molecular formula is C21H17N3O3. The third kappa shape index (κ3) is 4.64. The van der Waals surface area contributed by atoms with Gasteiger partial charge in [-0.2, -0.15) is 0 Å². The van der Waals surface area contributed by atoms with Crippen LogP contribution in [-0.2, 0) is 4.79 Å². The van der Waals surface area contributed by atoms with Crippen LogP contribution in [0.4, 0.5) is 5.69 Å². The van der Waals surface area contributed by atoms with Gasteiger partial charge in [0.05, 0.1) is 11.4 Å². The number of aliphatic carboxylic acids is 1. The molecule has 0 saturated heterocycles. The molecule has 27 heavy (non-hydrogen) atoms. The molecule has 0 fully saturated rings. The maximum absolute atomic E-state index is 12.5. The summed E-state index contributed by atoms with van der Waals surface area (Å²) in [6, 6.07) is 21.5. The number of pyridine rings is 1. The zero-order valence-electron chi connectivity index (χ0n) is 14.4. The second-order valence-corrected chi connectivity index (χ2v) is 5.64. The molecule has 3 rings (SSSR count). The van der Waals surface area contributed by atoms with Crippen LogP contribution >= 0.6 is 0 Å². The molecule has 1 amide bonds. The van der Waals surface area contributed by atoms with E-state index < -0.39 is 5.97 Å². The van der Waals surface area contributed by atoms with Crippen molar-refractivity contribution in [3.63, 3.8) is 0 Å². The summed E-state index contributed by atoms with van der Waals surface area (Å²) >= 11 is 0. The molecule has 0 aliphatic heterocycles. The van der Waals surface area contributed by atoms with E-state index in [-0.39, 0.29) is 18.1 Å². The number of carboxylic acids is 1. The van der Waals surface area contributed by atoms with Crippen LogP contribution in [0.3, 0.4) is 0 Å². The molecule has 2 N–H and O–H groups in total. The quantitative estimate of drug-likeness (QED) is 0.661. The molecule has 0 unspecified atom stereocenters. The Balaban J connectivity index is 2.00. The minimum absolute atomic E-state index is 0.288. The van der Waals surface area contributed by atoms with E-state index in [2.05, 4.69) is 15.3 Å². The van der Waals surface area contributed by atoms with Gasteiger partial charge in [0.15, 0.2) is 0 Å². The Morgan fingerprint density at radius 2 is 1.63 bits per heavy atom. The Morgan fingerprint density at radius 1 is 0.926 bits per heavy atom. The van der Waals surface area contributed by atoms with Crippen molar-refractivity contribution in [1.29, 1.82) is 0 Å². The van der Waals surface area contributed by atoms with Gasteiger partial charge in [-0.15, -0.1) is 0 Å². The second kappa shape index (κ2) is 8.53. The lowest BCUT2D eigenvalue weighted by molar-refractivity contribution is -0.135. The lowest BCUT2D eigenvalue weighted by atomic mass is 10.0. The fraction of sp³-hybridized carbons (Fsp3) is 0.0476. The third-order valence-corrected chi connectivity index (χ3v) is 3.75. The van der Waals surface area contributed by atoms with Crippen LogP contribution in [0.1, 0.15) is 21.6 Å². The first kappa shape index (κ1) is 18.0. The number of nitrogens with one attached hydrogen (secondary N) is 1. The Bertz CT molecular complexity index is 970. The predicted octanol–water partition coefficient (Wildman–Crippen LogP) is 3.26. The van der Waals surface area contributed by atoms with Crippen molar-refractivity contribution in [3.05, 3.63) is 95.8 Å². The average molecular weight is 359 g/mol. The molecule has 6 heteroatoms. The molecule has 0 spiro atoms. The van der Waals surface area contributed by atoms with Crippen LogP contribution in [0.2, 0.25) is 0 Å². The molecular weight excluding hydrogens is 342 g/mol. The number of carbonyl (C=O) groups excluding carboxylic acids is 1. The summed E-state index contributed by atoms with van der Waals surface area (Å²) in [5, 5.41) is 11.9. The number of amides is 1. The van der Waals surface area contributed by atoms with Crippen LogP contribution < -0.4 is 5.32 Å². The highest BCUT2D eigenvalue weighted by molar-refractivity contribution is 6.18. The van der Waals surface area contributed by atoms with E-state index in [4.69, 9.17) is 5.11 Å². The van der Waals surface area contributed by atoms with Crippen LogP contribution in [0.15, 0.2) is 84.0 Å². The number of carbonyl (C=O) groups is 2. The number of carboxylic acid groups (broad SMARTS) is 1. The van der Waals surface area contributed by atoms with Gasteiger partial charge in [0, 0.05) is 17.3 Å². The van der Waals surface area contributed by atoms with Gasteiger partial charge >= 0.3 is 5.97 Å². The maximum atomic E-state index is 12.5. The summed E-state index contributed by atoms with van der Waals surface area (Å²) in [5.41, 5.74) is 2.71. The van der Waals surface area contributed by atoms with E-state index in [9.17, 15) is 9.59 Å². The minimum atomic E-state index is -1.03. The zero-order chi connectivity index (χ0) is 19.1. The summed E-state index contributed by atoms with van der Waals surface area (Å²) in [6.07, 6.45) is 1.55. The topological polar surface area (TPSA) is 91.6 Å². The summed E-state index contributed by atoms with van der Waals surface area (Å²) in [5.74, 6) is -1.38. The smallest absolute Gasteiger partial charge is 0.325 e. The number of para-hydroxylation sites is 1. The highest BCUT2D eigenvalue weighted by Crippen LogP contribution is 2.21. The van der Waals surface area contributed by atoms with Crippen LogP contribution in [0.5, 0.6) is 0 Å². The number of benzene rings is 2. The SMILES string of the molecule is O=C(O)CN=C(c1ccccc1)c1ccccc1NC(=O)c1ccccn1. The van der Waals surface area contributed by atoms with Gasteiger partial charge in [-0.1, -0.05) is 54.6 Å². The van der Waals surface area contributed by atoms with E-state index in [1.54, 1.807) is 42.6 Å². The second-order valence-electron chi connectivity index (χ2n) is 5.64. The summed E-state index contributed by atoms with van der Waals surface area (Å²) in [7, 11) is 0. The molecule has 0 saturated carbocycles. The highest BCUT2D eigenvalue weighted by Gasteiger charge is 2.15. The molecule has 0 atom stereocenters. The molecule has 1 heterocycles. The van der Waals surface area contributed by atoms with Crippen molar-refractivity contribution >= 4 is 23.3 Å². The van der Waals surface area contributed by atoms with Crippen LogP contribution in [-0.4, -0.2) is 34.2 Å². The molecule has 2 aromatic carbocycles. The van der Waals surface area contributed by atoms with Gasteiger partial charge in [0.2, 0.25) is 0 Å². The fourth-order valence-corrected chi connectivity index (χ4v) is 2.56. The maximum Gasteiger partial charge on any atom is 0.325 e. The molecule has 3 aromatic rings. The summed E-state index contributed by atoms with van der Waals surface area (Å²) in [6.45, 7) is -0.368. The highest BCUT2D eigenvalue weighted by atomic mass is 16.4. The molecule has 0 aliphatic carbocycles. The number of rotatable bonds is 6. The van der Waals surface area contributed by atoms with Crippen LogP contribution in [0.25, 0.3) is 0 Å². The number of hydrogen-bond acceptors (Lipinski definition) is 4. The van der Waals surface area contributed by atoms with E-state index in [0.717, 1.165) is 5.56 Å². The first-order valence-electron chi connectivity index (χ1n) is 8.28. The van der Waals surface area contributed by atoms with Crippen molar-refractivity contribution in [2.45, 2.75) is 0 Å². The average Bonchev–Trinajstić information content (AvgIpc) is 2.70. The Kier molecular flexibility index (Phi) is 5.69. The lowest BCUT2D eigenvalue weighted by Crippen LogP contribution is -2.17. The monoisotopic (exact) mass is 359 g/mol. The van der Waals surface area contributed by atoms with Gasteiger partial charge < -0.3 is 10.4 Å². The number of aromatic nitrogens is 1. The van der Waals surface area contributed by atoms with Crippen molar-refractivity contribution in [2.24, 2.45) is 4.99 Å². The first-order chi connectivity index (χ1) is 13.1. The van der Waals surface area contributed by atoms with E-state index >= 15 is 0 Å². The molecule has 134 valence electrons. The predicted molar refractivity (Wildman–Crippen MR) is 103 cm³/mol. The Morgan fingerprint density at radius 3 is 2.33 bits per heavy atom. The van der Waals surface area contributed by atoms with Gasteiger partial charge in [-0.05, 0) is 18.2 Å². The van der Waals surface area contributed by atoms with Crippen molar-refractivity contribution < 1.29 is 14.7 Å². The Labute approximate surface area is 156 Å². The zero-order valence-corrected chi connectivity index (χ0v) is 14.4. The number of aliphatic imine (C=N–C) groups is 1. The molecule has 0 bridgehead atoms. The lowest BCUT2D eigenvalue weighted by Gasteiger charge is -2.13. The van der Waals surface area contributed by atoms with Crippen molar-refractivity contribution in [2.75, 3.05) is 11.9 Å². The minimum Gasteiger partial charge on any atom is -0.480 e. The summed E-state index contributed by atoms with van der Waals surface area (Å²) < 4.78 is 0. The van der Waals surface area contributed by atoms with Crippen molar-refractivity contribution in [3.8, 4) is 0 Å². The molecule has 1 aromatic heterocycles. The van der Waals surface area contributed by atoms with Gasteiger partial charge in [0.1, 0.15) is 12.2 Å². The first-order valence-corrected chi connectivity index (χ1v) is 8.28. The van der Waals surface area contributed by atoms with Crippen molar-refractivity contribution in [1.82, 2.24) is 4.98 Å². The van der Waals surface area contributed by atoms with E-state index in [1.807, 2.05) is 36.4 Å². The molecule has 0 aliphatic rings. The third-order valence-electron chi connectivity index (χ3n) is 3.75. The number of hydrogen-bond donors (Lipinski definition) is 2. The normalized spacial score (nSPS) is 11.0. The van der Waals surface area contributed by atoms with E-state index in [1.165, 1.54) is 0 Å². The van der Waals surface area contributed by atoms with Gasteiger partial charge in [-0.25, -0.2) is 0 Å². The number of anilines is 1. The molecule has 6 nitrogen and oxygen atoms in total. The Hall–Kier alpha value is -3.80. The van der Waals surface area contributed by atoms with Crippen LogP contribution in [0, 0.1) is 0 Å². The molecule has 0 radical (unpaired) electrons. The largest absolute Gasteiger partial charge is 0.480 e. The van der Waals surface area contributed by atoms with E-state index in [0.29, 0.717) is 17.0 Å². The number of nitrogens with zero attached hydrogens (tertiary/aromatic N) is 2.